The zero-order chi connectivity index (χ0) is 12.4. The molecule has 0 bridgehead atoms. The number of hydrogen-bond acceptors (Lipinski definition) is 2. The molecule has 0 aliphatic carbocycles. The van der Waals surface area contributed by atoms with Crippen LogP contribution in [0.5, 0.6) is 0 Å². The minimum absolute atomic E-state index is 0.143. The molecule has 17 heavy (non-hydrogen) atoms. The fourth-order valence-corrected chi connectivity index (χ4v) is 3.14. The summed E-state index contributed by atoms with van der Waals surface area (Å²) >= 11 is 11.2. The lowest BCUT2D eigenvalue weighted by atomic mass is 10.2. The van der Waals surface area contributed by atoms with E-state index in [1.807, 2.05) is 18.2 Å². The van der Waals surface area contributed by atoms with Crippen molar-refractivity contribution in [2.45, 2.75) is 19.4 Å². The van der Waals surface area contributed by atoms with Gasteiger partial charge in [-0.1, -0.05) is 24.6 Å². The van der Waals surface area contributed by atoms with Crippen molar-refractivity contribution in [2.24, 2.45) is 5.73 Å². The second kappa shape index (κ2) is 5.53. The largest absolute Gasteiger partial charge is 0.323 e. The third-order valence-corrected chi connectivity index (χ3v) is 5.12. The average Bonchev–Trinajstić information content (AvgIpc) is 2.81. The van der Waals surface area contributed by atoms with E-state index in [1.165, 1.54) is 15.3 Å². The van der Waals surface area contributed by atoms with Crippen LogP contribution in [-0.2, 0) is 0 Å². The van der Waals surface area contributed by atoms with E-state index in [0.717, 1.165) is 15.9 Å². The van der Waals surface area contributed by atoms with E-state index in [0.29, 0.717) is 0 Å². The fraction of sp³-hybridized carbons (Fsp3) is 0.231. The second-order valence-electron chi connectivity index (χ2n) is 3.85. The van der Waals surface area contributed by atoms with Crippen LogP contribution in [0.1, 0.15) is 24.3 Å². The summed E-state index contributed by atoms with van der Waals surface area (Å²) in [6.45, 7) is 2.10. The molecule has 1 aromatic heterocycles. The molecule has 2 rings (SSSR count). The summed E-state index contributed by atoms with van der Waals surface area (Å²) in [7, 11) is 0. The van der Waals surface area contributed by atoms with Crippen LogP contribution in [0, 0.1) is 0 Å². The lowest BCUT2D eigenvalue weighted by molar-refractivity contribution is 0.712. The Balaban J connectivity index is 2.33. The highest BCUT2D eigenvalue weighted by molar-refractivity contribution is 9.10. The number of benzene rings is 1. The molecule has 1 nitrogen and oxygen atoms in total. The van der Waals surface area contributed by atoms with Crippen molar-refractivity contribution in [1.29, 1.82) is 0 Å². The van der Waals surface area contributed by atoms with E-state index in [4.69, 9.17) is 17.3 Å². The van der Waals surface area contributed by atoms with E-state index in [-0.39, 0.29) is 6.04 Å². The van der Waals surface area contributed by atoms with Gasteiger partial charge in [-0.05, 0) is 52.2 Å². The van der Waals surface area contributed by atoms with Gasteiger partial charge in [0.25, 0.3) is 0 Å². The molecule has 0 amide bonds. The molecule has 2 N–H and O–H groups in total. The number of nitrogens with two attached hydrogens (primary N) is 1. The van der Waals surface area contributed by atoms with Crippen LogP contribution in [0.15, 0.2) is 34.8 Å². The van der Waals surface area contributed by atoms with Crippen molar-refractivity contribution in [3.8, 4) is 10.4 Å². The molecule has 2 aromatic rings. The Kier molecular flexibility index (Phi) is 4.26. The van der Waals surface area contributed by atoms with Crippen molar-refractivity contribution in [2.75, 3.05) is 0 Å². The van der Waals surface area contributed by atoms with Gasteiger partial charge in [-0.15, -0.1) is 11.3 Å². The smallest absolute Gasteiger partial charge is 0.0548 e. The predicted octanol–water partition coefficient (Wildman–Crippen LogP) is 5.24. The highest BCUT2D eigenvalue weighted by Gasteiger charge is 2.09. The van der Waals surface area contributed by atoms with Crippen LogP contribution in [0.4, 0.5) is 0 Å². The first kappa shape index (κ1) is 13.1. The minimum Gasteiger partial charge on any atom is -0.323 e. The maximum Gasteiger partial charge on any atom is 0.0548 e. The topological polar surface area (TPSA) is 26.0 Å². The molecular formula is C13H13BrClNS. The zero-order valence-corrected chi connectivity index (χ0v) is 12.6. The summed E-state index contributed by atoms with van der Waals surface area (Å²) in [4.78, 5) is 2.45. The lowest BCUT2D eigenvalue weighted by Crippen LogP contribution is -2.05. The number of halogens is 2. The summed E-state index contributed by atoms with van der Waals surface area (Å²) in [5, 5.41) is 0.732. The van der Waals surface area contributed by atoms with Gasteiger partial charge in [0.2, 0.25) is 0 Å². The molecule has 0 saturated carbocycles. The van der Waals surface area contributed by atoms with Crippen LogP contribution in [0.2, 0.25) is 5.02 Å². The van der Waals surface area contributed by atoms with E-state index in [1.54, 1.807) is 11.3 Å². The summed E-state index contributed by atoms with van der Waals surface area (Å²) < 4.78 is 0.923. The summed E-state index contributed by atoms with van der Waals surface area (Å²) in [6.07, 6.45) is 0.963. The molecule has 0 aliphatic rings. The molecule has 1 unspecified atom stereocenters. The Bertz CT molecular complexity index is 524. The number of hydrogen-bond donors (Lipinski definition) is 1. The van der Waals surface area contributed by atoms with E-state index < -0.39 is 0 Å². The third kappa shape index (κ3) is 2.91. The Morgan fingerprint density at radius 3 is 2.76 bits per heavy atom. The summed E-state index contributed by atoms with van der Waals surface area (Å²) in [6, 6.07) is 10.3. The van der Waals surface area contributed by atoms with E-state index in [2.05, 4.69) is 35.0 Å². The third-order valence-electron chi connectivity index (χ3n) is 2.64. The van der Waals surface area contributed by atoms with Crippen LogP contribution in [0.3, 0.4) is 0 Å². The first-order chi connectivity index (χ1) is 8.11. The molecular weight excluding hydrogens is 318 g/mol. The van der Waals surface area contributed by atoms with Crippen molar-refractivity contribution in [3.63, 3.8) is 0 Å². The van der Waals surface area contributed by atoms with Crippen LogP contribution in [-0.4, -0.2) is 0 Å². The molecule has 90 valence electrons. The van der Waals surface area contributed by atoms with Crippen molar-refractivity contribution < 1.29 is 0 Å². The summed E-state index contributed by atoms with van der Waals surface area (Å²) in [5.74, 6) is 0. The minimum atomic E-state index is 0.143. The van der Waals surface area contributed by atoms with Crippen molar-refractivity contribution >= 4 is 38.9 Å². The Morgan fingerprint density at radius 1 is 1.35 bits per heavy atom. The first-order valence-electron chi connectivity index (χ1n) is 5.42. The van der Waals surface area contributed by atoms with Gasteiger partial charge in [-0.3, -0.25) is 0 Å². The molecule has 0 fully saturated rings. The average molecular weight is 331 g/mol. The molecule has 0 saturated heterocycles. The molecule has 4 heteroatoms. The fourth-order valence-electron chi connectivity index (χ4n) is 1.56. The Morgan fingerprint density at radius 2 is 2.12 bits per heavy atom. The lowest BCUT2D eigenvalue weighted by Gasteiger charge is -2.04. The van der Waals surface area contributed by atoms with Gasteiger partial charge in [0.1, 0.15) is 0 Å². The Labute approximate surface area is 119 Å². The monoisotopic (exact) mass is 329 g/mol. The van der Waals surface area contributed by atoms with E-state index >= 15 is 0 Å². The van der Waals surface area contributed by atoms with Crippen molar-refractivity contribution in [3.05, 3.63) is 44.7 Å². The SMILES string of the molecule is CCC(N)c1ccc(-c2ccc(Cl)c(Br)c2)s1. The van der Waals surface area contributed by atoms with Gasteiger partial charge in [-0.25, -0.2) is 0 Å². The Hall–Kier alpha value is -0.350. The molecule has 1 atom stereocenters. The normalized spacial score (nSPS) is 12.7. The van der Waals surface area contributed by atoms with Gasteiger partial charge < -0.3 is 5.73 Å². The predicted molar refractivity (Wildman–Crippen MR) is 79.7 cm³/mol. The molecule has 0 aliphatic heterocycles. The molecule has 0 radical (unpaired) electrons. The van der Waals surface area contributed by atoms with Crippen molar-refractivity contribution in [1.82, 2.24) is 0 Å². The molecule has 1 aromatic carbocycles. The van der Waals surface area contributed by atoms with Gasteiger partial charge in [0.05, 0.1) is 5.02 Å². The number of thiophene rings is 1. The van der Waals surface area contributed by atoms with Gasteiger partial charge in [-0.2, -0.15) is 0 Å². The van der Waals surface area contributed by atoms with Gasteiger partial charge in [0.15, 0.2) is 0 Å². The number of rotatable bonds is 3. The quantitative estimate of drug-likeness (QED) is 0.818. The van der Waals surface area contributed by atoms with Gasteiger partial charge >= 0.3 is 0 Å². The highest BCUT2D eigenvalue weighted by Crippen LogP contribution is 2.34. The highest BCUT2D eigenvalue weighted by atomic mass is 79.9. The van der Waals surface area contributed by atoms with E-state index in [9.17, 15) is 0 Å². The standard InChI is InChI=1S/C13H13BrClNS/c1-2-11(16)13-6-5-12(17-13)8-3-4-10(15)9(14)7-8/h3-7,11H,2,16H2,1H3. The summed E-state index contributed by atoms with van der Waals surface area (Å²) in [5.41, 5.74) is 7.19. The second-order valence-corrected chi connectivity index (χ2v) is 6.22. The first-order valence-corrected chi connectivity index (χ1v) is 7.41. The van der Waals surface area contributed by atoms with Crippen LogP contribution in [0.25, 0.3) is 10.4 Å². The van der Waals surface area contributed by atoms with Crippen LogP contribution < -0.4 is 5.73 Å². The molecule has 0 spiro atoms. The maximum absolute atomic E-state index is 6.02. The van der Waals surface area contributed by atoms with Gasteiger partial charge in [0, 0.05) is 20.3 Å². The van der Waals surface area contributed by atoms with Crippen LogP contribution >= 0.6 is 38.9 Å². The zero-order valence-electron chi connectivity index (χ0n) is 9.41. The maximum atomic E-state index is 6.02. The molecule has 1 heterocycles.